The number of rotatable bonds is 7. The first-order valence-electron chi connectivity index (χ1n) is 9.60. The van der Waals surface area contributed by atoms with Gasteiger partial charge in [0.15, 0.2) is 0 Å². The molecule has 2 nitrogen and oxygen atoms in total. The van der Waals surface area contributed by atoms with Gasteiger partial charge in [-0.25, -0.2) is 4.99 Å². The van der Waals surface area contributed by atoms with Crippen molar-refractivity contribution in [2.75, 3.05) is 0 Å². The highest BCUT2D eigenvalue weighted by atomic mass is 16.5. The van der Waals surface area contributed by atoms with E-state index in [-0.39, 0.29) is 0 Å². The second kappa shape index (κ2) is 8.84. The van der Waals surface area contributed by atoms with Crippen LogP contribution < -0.4 is 0 Å². The molecule has 1 heterocycles. The first-order valence-corrected chi connectivity index (χ1v) is 9.60. The van der Waals surface area contributed by atoms with Gasteiger partial charge in [-0.2, -0.15) is 0 Å². The second-order valence-corrected chi connectivity index (χ2v) is 7.10. The lowest BCUT2D eigenvalue weighted by Crippen LogP contribution is -2.30. The summed E-state index contributed by atoms with van der Waals surface area (Å²) in [6.07, 6.45) is 7.07. The summed E-state index contributed by atoms with van der Waals surface area (Å²) in [6.45, 7) is 4.35. The van der Waals surface area contributed by atoms with E-state index in [0.29, 0.717) is 12.1 Å². The summed E-state index contributed by atoms with van der Waals surface area (Å²) in [6, 6.07) is 19.6. The third-order valence-electron chi connectivity index (χ3n) is 4.90. The molecule has 0 N–H and O–H groups in total. The summed E-state index contributed by atoms with van der Waals surface area (Å²) < 4.78 is 6.25. The quantitative estimate of drug-likeness (QED) is 0.634. The van der Waals surface area contributed by atoms with Crippen LogP contribution in [0.25, 0.3) is 0 Å². The van der Waals surface area contributed by atoms with E-state index >= 15 is 0 Å². The number of ether oxygens (including phenoxy) is 1. The zero-order chi connectivity index (χ0) is 17.5. The van der Waals surface area contributed by atoms with Crippen molar-refractivity contribution in [2.24, 2.45) is 4.99 Å². The normalized spacial score (nSPS) is 20.0. The monoisotopic (exact) mass is 335 g/mol. The van der Waals surface area contributed by atoms with Crippen LogP contribution in [-0.2, 0) is 11.2 Å². The van der Waals surface area contributed by atoms with Crippen LogP contribution in [0.4, 0.5) is 0 Å². The van der Waals surface area contributed by atoms with Crippen molar-refractivity contribution in [3.05, 3.63) is 71.3 Å². The number of aliphatic imine (C=N–C) groups is 1. The highest BCUT2D eigenvalue weighted by Gasteiger charge is 2.25. The molecule has 0 saturated carbocycles. The van der Waals surface area contributed by atoms with Gasteiger partial charge in [0.2, 0.25) is 5.90 Å². The average Bonchev–Trinajstić information content (AvgIpc) is 2.66. The lowest BCUT2D eigenvalue weighted by atomic mass is 9.97. The van der Waals surface area contributed by atoms with E-state index < -0.39 is 0 Å². The first kappa shape index (κ1) is 17.7. The molecule has 0 aromatic heterocycles. The molecule has 0 amide bonds. The van der Waals surface area contributed by atoms with E-state index in [0.717, 1.165) is 37.1 Å². The standard InChI is InChI=1S/C23H29NO/c1-3-4-10-22-17-21(16-13-19-8-6-5-7-9-19)24-23(25-22)20-14-11-18(2)12-15-20/h5-9,11-12,14-15,21-22H,3-4,10,13,16-17H2,1-2H3. The van der Waals surface area contributed by atoms with Gasteiger partial charge in [-0.05, 0) is 43.9 Å². The lowest BCUT2D eigenvalue weighted by Gasteiger charge is -2.29. The van der Waals surface area contributed by atoms with Gasteiger partial charge in [-0.3, -0.25) is 0 Å². The highest BCUT2D eigenvalue weighted by molar-refractivity contribution is 5.94. The molecule has 0 fully saturated rings. The molecule has 2 heteroatoms. The SMILES string of the molecule is CCCCC1CC(CCc2ccccc2)N=C(c2ccc(C)cc2)O1. The van der Waals surface area contributed by atoms with Gasteiger partial charge >= 0.3 is 0 Å². The molecule has 0 radical (unpaired) electrons. The maximum atomic E-state index is 6.25. The van der Waals surface area contributed by atoms with E-state index in [4.69, 9.17) is 9.73 Å². The fourth-order valence-corrected chi connectivity index (χ4v) is 3.37. The topological polar surface area (TPSA) is 21.6 Å². The third kappa shape index (κ3) is 5.19. The smallest absolute Gasteiger partial charge is 0.216 e. The Morgan fingerprint density at radius 3 is 2.48 bits per heavy atom. The molecule has 1 aliphatic rings. The fraction of sp³-hybridized carbons (Fsp3) is 0.435. The lowest BCUT2D eigenvalue weighted by molar-refractivity contribution is 0.137. The van der Waals surface area contributed by atoms with Gasteiger partial charge in [0.05, 0.1) is 6.04 Å². The van der Waals surface area contributed by atoms with Gasteiger partial charge in [0.1, 0.15) is 6.10 Å². The molecular weight excluding hydrogens is 306 g/mol. The minimum absolute atomic E-state index is 0.300. The van der Waals surface area contributed by atoms with Crippen LogP contribution in [0.2, 0.25) is 0 Å². The van der Waals surface area contributed by atoms with Crippen LogP contribution in [0.1, 0.15) is 55.7 Å². The van der Waals surface area contributed by atoms with Crippen molar-refractivity contribution in [1.29, 1.82) is 0 Å². The summed E-state index contributed by atoms with van der Waals surface area (Å²) in [5.74, 6) is 0.838. The van der Waals surface area contributed by atoms with Gasteiger partial charge in [0, 0.05) is 12.0 Å². The summed E-state index contributed by atoms with van der Waals surface area (Å²) >= 11 is 0. The van der Waals surface area contributed by atoms with E-state index in [1.807, 2.05) is 0 Å². The molecule has 2 aromatic rings. The molecular formula is C23H29NO. The Labute approximate surface area is 152 Å². The highest BCUT2D eigenvalue weighted by Crippen LogP contribution is 2.24. The van der Waals surface area contributed by atoms with Crippen LogP contribution in [0.5, 0.6) is 0 Å². The summed E-state index contributed by atoms with van der Waals surface area (Å²) in [5, 5.41) is 0. The maximum Gasteiger partial charge on any atom is 0.216 e. The van der Waals surface area contributed by atoms with Crippen LogP contribution in [0, 0.1) is 6.92 Å². The van der Waals surface area contributed by atoms with Crippen molar-refractivity contribution >= 4 is 5.90 Å². The molecule has 0 aliphatic carbocycles. The van der Waals surface area contributed by atoms with Gasteiger partial charge in [-0.1, -0.05) is 67.8 Å². The van der Waals surface area contributed by atoms with Gasteiger partial charge in [-0.15, -0.1) is 0 Å². The van der Waals surface area contributed by atoms with Crippen LogP contribution in [0.15, 0.2) is 59.6 Å². The van der Waals surface area contributed by atoms with Crippen LogP contribution in [-0.4, -0.2) is 18.0 Å². The Morgan fingerprint density at radius 2 is 1.76 bits per heavy atom. The fourth-order valence-electron chi connectivity index (χ4n) is 3.37. The number of benzene rings is 2. The van der Waals surface area contributed by atoms with Gasteiger partial charge in [0.25, 0.3) is 0 Å². The zero-order valence-electron chi connectivity index (χ0n) is 15.4. The maximum absolute atomic E-state index is 6.25. The second-order valence-electron chi connectivity index (χ2n) is 7.10. The Hall–Kier alpha value is -2.09. The van der Waals surface area contributed by atoms with E-state index in [1.165, 1.54) is 24.0 Å². The van der Waals surface area contributed by atoms with Gasteiger partial charge < -0.3 is 4.74 Å². The molecule has 2 aromatic carbocycles. The molecule has 2 atom stereocenters. The van der Waals surface area contributed by atoms with Crippen LogP contribution in [0.3, 0.4) is 0 Å². The van der Waals surface area contributed by atoms with Crippen molar-refractivity contribution in [3.63, 3.8) is 0 Å². The molecule has 132 valence electrons. The predicted molar refractivity (Wildman–Crippen MR) is 105 cm³/mol. The molecule has 0 saturated heterocycles. The Kier molecular flexibility index (Phi) is 6.27. The van der Waals surface area contributed by atoms with E-state index in [1.54, 1.807) is 0 Å². The Balaban J connectivity index is 1.72. The Bertz CT molecular complexity index is 675. The number of unbranched alkanes of at least 4 members (excludes halogenated alkanes) is 1. The van der Waals surface area contributed by atoms with E-state index in [2.05, 4.69) is 68.4 Å². The number of nitrogens with zero attached hydrogens (tertiary/aromatic N) is 1. The average molecular weight is 335 g/mol. The number of hydrogen-bond donors (Lipinski definition) is 0. The molecule has 3 rings (SSSR count). The minimum Gasteiger partial charge on any atom is -0.474 e. The molecule has 25 heavy (non-hydrogen) atoms. The van der Waals surface area contributed by atoms with Crippen molar-refractivity contribution < 1.29 is 4.74 Å². The molecule has 0 spiro atoms. The largest absolute Gasteiger partial charge is 0.474 e. The van der Waals surface area contributed by atoms with Crippen molar-refractivity contribution in [2.45, 2.75) is 64.5 Å². The minimum atomic E-state index is 0.300. The molecule has 1 aliphatic heterocycles. The molecule has 0 bridgehead atoms. The first-order chi connectivity index (χ1) is 12.2. The zero-order valence-corrected chi connectivity index (χ0v) is 15.4. The summed E-state index contributed by atoms with van der Waals surface area (Å²) in [7, 11) is 0. The summed E-state index contributed by atoms with van der Waals surface area (Å²) in [4.78, 5) is 4.95. The Morgan fingerprint density at radius 1 is 1.00 bits per heavy atom. The van der Waals surface area contributed by atoms with Crippen molar-refractivity contribution in [1.82, 2.24) is 0 Å². The van der Waals surface area contributed by atoms with E-state index in [9.17, 15) is 0 Å². The molecule has 2 unspecified atom stereocenters. The number of hydrogen-bond acceptors (Lipinski definition) is 2. The van der Waals surface area contributed by atoms with Crippen molar-refractivity contribution in [3.8, 4) is 0 Å². The third-order valence-corrected chi connectivity index (χ3v) is 4.90. The van der Waals surface area contributed by atoms with Crippen LogP contribution >= 0.6 is 0 Å². The predicted octanol–water partition coefficient (Wildman–Crippen LogP) is 5.72. The number of aryl methyl sites for hydroxylation is 2. The summed E-state index contributed by atoms with van der Waals surface area (Å²) in [5.41, 5.74) is 3.77.